The minimum atomic E-state index is -3.36. The Morgan fingerprint density at radius 2 is 2.00 bits per heavy atom. The molecule has 2 N–H and O–H groups in total. The maximum atomic E-state index is 11.4. The molecule has 1 aliphatic rings. The second-order valence-corrected chi connectivity index (χ2v) is 6.58. The van der Waals surface area contributed by atoms with Crippen molar-refractivity contribution in [1.82, 2.24) is 10.2 Å². The number of piperazine rings is 1. The lowest BCUT2D eigenvalue weighted by molar-refractivity contribution is 0.233. The van der Waals surface area contributed by atoms with Gasteiger partial charge in [0.05, 0.1) is 0 Å². The molecule has 0 bridgehead atoms. The maximum absolute atomic E-state index is 11.4. The van der Waals surface area contributed by atoms with Gasteiger partial charge in [0.25, 0.3) is 0 Å². The number of rotatable bonds is 3. The first-order valence-corrected chi connectivity index (χ1v) is 7.81. The van der Waals surface area contributed by atoms with Crippen molar-refractivity contribution in [3.63, 3.8) is 0 Å². The molecule has 0 saturated carbocycles. The van der Waals surface area contributed by atoms with Crippen molar-refractivity contribution in [1.29, 1.82) is 0 Å². The van der Waals surface area contributed by atoms with Gasteiger partial charge < -0.3 is 10.4 Å². The van der Waals surface area contributed by atoms with Gasteiger partial charge in [-0.1, -0.05) is 6.07 Å². The van der Waals surface area contributed by atoms with Gasteiger partial charge in [-0.05, 0) is 17.7 Å². The molecule has 2 rings (SSSR count). The van der Waals surface area contributed by atoms with Crippen molar-refractivity contribution in [2.45, 2.75) is 11.4 Å². The third kappa shape index (κ3) is 3.22. The number of phenolic OH excluding ortho intramolecular Hbond substituents is 1. The molecular weight excluding hydrogens is 252 g/mol. The lowest BCUT2D eigenvalue weighted by Crippen LogP contribution is -2.42. The normalized spacial score (nSPS) is 17.8. The summed E-state index contributed by atoms with van der Waals surface area (Å²) >= 11 is 0. The highest BCUT2D eigenvalue weighted by molar-refractivity contribution is 7.90. The van der Waals surface area contributed by atoms with E-state index >= 15 is 0 Å². The van der Waals surface area contributed by atoms with Crippen LogP contribution in [0.4, 0.5) is 0 Å². The second kappa shape index (κ2) is 5.26. The van der Waals surface area contributed by atoms with Gasteiger partial charge in [0.2, 0.25) is 0 Å². The molecule has 6 heteroatoms. The van der Waals surface area contributed by atoms with Crippen LogP contribution >= 0.6 is 0 Å². The van der Waals surface area contributed by atoms with E-state index in [0.29, 0.717) is 0 Å². The van der Waals surface area contributed by atoms with E-state index in [1.807, 2.05) is 0 Å². The number of hydrogen-bond donors (Lipinski definition) is 2. The number of nitrogens with zero attached hydrogens (tertiary/aromatic N) is 1. The van der Waals surface area contributed by atoms with Crippen LogP contribution in [0, 0.1) is 0 Å². The van der Waals surface area contributed by atoms with Crippen LogP contribution in [0.2, 0.25) is 0 Å². The molecule has 1 aromatic carbocycles. The Hall–Kier alpha value is -1.11. The highest BCUT2D eigenvalue weighted by atomic mass is 32.2. The summed E-state index contributed by atoms with van der Waals surface area (Å²) in [5, 5.41) is 13.0. The molecule has 0 aromatic heterocycles. The summed E-state index contributed by atoms with van der Waals surface area (Å²) in [4.78, 5) is 2.26. The van der Waals surface area contributed by atoms with Gasteiger partial charge >= 0.3 is 0 Å². The fourth-order valence-electron chi connectivity index (χ4n) is 2.10. The minimum Gasteiger partial charge on any atom is -0.507 e. The maximum Gasteiger partial charge on any atom is 0.179 e. The third-order valence-electron chi connectivity index (χ3n) is 3.04. The Kier molecular flexibility index (Phi) is 3.89. The molecule has 1 fully saturated rings. The van der Waals surface area contributed by atoms with E-state index in [1.165, 1.54) is 6.07 Å². The Morgan fingerprint density at radius 3 is 2.56 bits per heavy atom. The Morgan fingerprint density at radius 1 is 1.33 bits per heavy atom. The fraction of sp³-hybridized carbons (Fsp3) is 0.500. The van der Waals surface area contributed by atoms with Crippen LogP contribution in [0.3, 0.4) is 0 Å². The lowest BCUT2D eigenvalue weighted by atomic mass is 10.2. The van der Waals surface area contributed by atoms with E-state index in [1.54, 1.807) is 12.1 Å². The zero-order valence-corrected chi connectivity index (χ0v) is 11.2. The topological polar surface area (TPSA) is 69.6 Å². The molecule has 1 saturated heterocycles. The fourth-order valence-corrected chi connectivity index (χ4v) is 2.86. The summed E-state index contributed by atoms with van der Waals surface area (Å²) in [7, 11) is -3.36. The summed E-state index contributed by atoms with van der Waals surface area (Å²) in [6.45, 7) is 4.60. The van der Waals surface area contributed by atoms with Crippen molar-refractivity contribution in [2.75, 3.05) is 32.4 Å². The van der Waals surface area contributed by atoms with E-state index in [2.05, 4.69) is 10.2 Å². The lowest BCUT2D eigenvalue weighted by Gasteiger charge is -2.27. The van der Waals surface area contributed by atoms with Crippen molar-refractivity contribution in [2.24, 2.45) is 0 Å². The molecule has 1 aliphatic heterocycles. The summed E-state index contributed by atoms with van der Waals surface area (Å²) in [5.74, 6) is -0.162. The molecule has 0 amide bonds. The van der Waals surface area contributed by atoms with Crippen LogP contribution < -0.4 is 5.32 Å². The monoisotopic (exact) mass is 270 g/mol. The molecule has 0 atom stereocenters. The predicted octanol–water partition coefficient (Wildman–Crippen LogP) is 0.201. The molecule has 5 nitrogen and oxygen atoms in total. The third-order valence-corrected chi connectivity index (χ3v) is 4.18. The van der Waals surface area contributed by atoms with E-state index in [9.17, 15) is 13.5 Å². The highest BCUT2D eigenvalue weighted by Crippen LogP contribution is 2.24. The highest BCUT2D eigenvalue weighted by Gasteiger charge is 2.15. The Balaban J connectivity index is 2.13. The van der Waals surface area contributed by atoms with E-state index in [-0.39, 0.29) is 10.6 Å². The molecule has 0 radical (unpaired) electrons. The van der Waals surface area contributed by atoms with Gasteiger partial charge in [0, 0.05) is 39.0 Å². The molecule has 1 aromatic rings. The van der Waals surface area contributed by atoms with Gasteiger partial charge in [0.15, 0.2) is 9.84 Å². The van der Waals surface area contributed by atoms with Crippen LogP contribution in [0.25, 0.3) is 0 Å². The van der Waals surface area contributed by atoms with Crippen molar-refractivity contribution >= 4 is 9.84 Å². The molecular formula is C12H18N2O3S. The van der Waals surface area contributed by atoms with Crippen LogP contribution in [0.5, 0.6) is 5.75 Å². The Bertz CT molecular complexity index is 522. The smallest absolute Gasteiger partial charge is 0.179 e. The van der Waals surface area contributed by atoms with E-state index < -0.39 is 9.84 Å². The van der Waals surface area contributed by atoms with Gasteiger partial charge in [-0.15, -0.1) is 0 Å². The number of benzene rings is 1. The van der Waals surface area contributed by atoms with Crippen LogP contribution in [-0.4, -0.2) is 50.9 Å². The average Bonchev–Trinajstić information content (AvgIpc) is 2.28. The molecule has 1 heterocycles. The quantitative estimate of drug-likeness (QED) is 0.821. The van der Waals surface area contributed by atoms with Crippen LogP contribution in [0.1, 0.15) is 5.56 Å². The van der Waals surface area contributed by atoms with Gasteiger partial charge in [-0.3, -0.25) is 4.90 Å². The number of phenols is 1. The average molecular weight is 270 g/mol. The van der Waals surface area contributed by atoms with Crippen LogP contribution in [0.15, 0.2) is 23.1 Å². The van der Waals surface area contributed by atoms with Crippen molar-refractivity contribution in [3.8, 4) is 5.75 Å². The van der Waals surface area contributed by atoms with Gasteiger partial charge in [-0.25, -0.2) is 8.42 Å². The molecule has 100 valence electrons. The van der Waals surface area contributed by atoms with Crippen LogP contribution in [-0.2, 0) is 16.4 Å². The standard InChI is InChI=1S/C12H18N2O3S/c1-18(16,17)12-3-2-10(8-11(12)15)9-14-6-4-13-5-7-14/h2-3,8,13,15H,4-7,9H2,1H3. The number of hydrogen-bond acceptors (Lipinski definition) is 5. The summed E-state index contributed by atoms with van der Waals surface area (Å²) in [6, 6.07) is 4.78. The van der Waals surface area contributed by atoms with Crippen molar-refractivity contribution in [3.05, 3.63) is 23.8 Å². The number of sulfone groups is 1. The minimum absolute atomic E-state index is 0.00781. The predicted molar refractivity (Wildman–Crippen MR) is 69.4 cm³/mol. The first kappa shape index (κ1) is 13.3. The second-order valence-electron chi connectivity index (χ2n) is 4.60. The SMILES string of the molecule is CS(=O)(=O)c1ccc(CN2CCNCC2)cc1O. The largest absolute Gasteiger partial charge is 0.507 e. The van der Waals surface area contributed by atoms with E-state index in [4.69, 9.17) is 0 Å². The summed E-state index contributed by atoms with van der Waals surface area (Å²) < 4.78 is 22.8. The van der Waals surface area contributed by atoms with Gasteiger partial charge in [0.1, 0.15) is 10.6 Å². The number of aromatic hydroxyl groups is 1. The zero-order valence-electron chi connectivity index (χ0n) is 10.4. The Labute approximate surface area is 107 Å². The summed E-state index contributed by atoms with van der Waals surface area (Å²) in [6.07, 6.45) is 1.10. The summed E-state index contributed by atoms with van der Waals surface area (Å²) in [5.41, 5.74) is 0.932. The van der Waals surface area contributed by atoms with E-state index in [0.717, 1.165) is 44.5 Å². The first-order chi connectivity index (χ1) is 8.47. The zero-order chi connectivity index (χ0) is 13.2. The first-order valence-electron chi connectivity index (χ1n) is 5.92. The molecule has 0 spiro atoms. The van der Waals surface area contributed by atoms with Crippen molar-refractivity contribution < 1.29 is 13.5 Å². The molecule has 18 heavy (non-hydrogen) atoms. The molecule has 0 unspecified atom stereocenters. The molecule has 0 aliphatic carbocycles. The number of nitrogens with one attached hydrogen (secondary N) is 1. The van der Waals surface area contributed by atoms with Gasteiger partial charge in [-0.2, -0.15) is 0 Å².